The van der Waals surface area contributed by atoms with Crippen molar-refractivity contribution in [2.75, 3.05) is 0 Å². The zero-order chi connectivity index (χ0) is 19.9. The average molecular weight is 409 g/mol. The largest absolute Gasteiger partial charge is 0.453 e. The van der Waals surface area contributed by atoms with Crippen LogP contribution in [0, 0.1) is 0 Å². The van der Waals surface area contributed by atoms with Crippen molar-refractivity contribution < 1.29 is 28.3 Å². The molecule has 0 aliphatic heterocycles. The lowest BCUT2D eigenvalue weighted by molar-refractivity contribution is -0.132. The number of benzene rings is 2. The van der Waals surface area contributed by atoms with Crippen molar-refractivity contribution in [1.29, 1.82) is 0 Å². The molecule has 0 aliphatic carbocycles. The third-order valence-corrected chi connectivity index (χ3v) is 4.28. The first-order valence-corrected chi connectivity index (χ1v) is 8.24. The zero-order valence-corrected chi connectivity index (χ0v) is 15.4. The summed E-state index contributed by atoms with van der Waals surface area (Å²) in [7, 11) is 0. The van der Waals surface area contributed by atoms with Crippen LogP contribution in [0.3, 0.4) is 0 Å². The van der Waals surface area contributed by atoms with Gasteiger partial charge in [-0.1, -0.05) is 29.3 Å². The Hall–Kier alpha value is -2.90. The minimum absolute atomic E-state index is 0.0169. The predicted molar refractivity (Wildman–Crippen MR) is 98.0 cm³/mol. The number of hydrogen-bond acceptors (Lipinski definition) is 7. The van der Waals surface area contributed by atoms with E-state index in [0.29, 0.717) is 6.29 Å². The van der Waals surface area contributed by atoms with E-state index < -0.39 is 17.4 Å². The van der Waals surface area contributed by atoms with Crippen LogP contribution in [0.5, 0.6) is 11.5 Å². The van der Waals surface area contributed by atoms with Crippen molar-refractivity contribution >= 4 is 63.4 Å². The molecular formula is C18H10Cl2O7. The number of para-hydroxylation sites is 1. The molecular weight excluding hydrogens is 399 g/mol. The highest BCUT2D eigenvalue weighted by atomic mass is 35.5. The van der Waals surface area contributed by atoms with Gasteiger partial charge in [0.25, 0.3) is 0 Å². The van der Waals surface area contributed by atoms with Gasteiger partial charge in [0.15, 0.2) is 23.4 Å². The molecule has 138 valence electrons. The van der Waals surface area contributed by atoms with Crippen molar-refractivity contribution in [3.05, 3.63) is 44.0 Å². The van der Waals surface area contributed by atoms with Crippen LogP contribution in [0.1, 0.15) is 24.2 Å². The Labute approximate surface area is 161 Å². The predicted octanol–water partition coefficient (Wildman–Crippen LogP) is 3.92. The highest BCUT2D eigenvalue weighted by Gasteiger charge is 2.27. The molecule has 0 bridgehead atoms. The SMILES string of the molecule is CC(=O)Oc1c(Cl)c(OC(C)=O)c2c(=O)c3cccc(C=O)c3oc2c1Cl. The maximum Gasteiger partial charge on any atom is 0.308 e. The molecule has 0 saturated heterocycles. The second kappa shape index (κ2) is 7.02. The molecule has 9 heteroatoms. The van der Waals surface area contributed by atoms with Crippen LogP contribution in [0.15, 0.2) is 27.4 Å². The smallest absolute Gasteiger partial charge is 0.308 e. The van der Waals surface area contributed by atoms with E-state index in [1.165, 1.54) is 18.2 Å². The second-order valence-corrected chi connectivity index (χ2v) is 6.21. The molecule has 7 nitrogen and oxygen atoms in total. The van der Waals surface area contributed by atoms with Gasteiger partial charge in [0.05, 0.1) is 10.9 Å². The number of ether oxygens (including phenoxy) is 2. The van der Waals surface area contributed by atoms with E-state index in [1.54, 1.807) is 0 Å². The first kappa shape index (κ1) is 18.9. The van der Waals surface area contributed by atoms with E-state index in [9.17, 15) is 19.2 Å². The van der Waals surface area contributed by atoms with Gasteiger partial charge in [-0.15, -0.1) is 0 Å². The fraction of sp³-hybridized carbons (Fsp3) is 0.111. The lowest BCUT2D eigenvalue weighted by Gasteiger charge is -2.14. The Morgan fingerprint density at radius 2 is 1.63 bits per heavy atom. The number of hydrogen-bond donors (Lipinski definition) is 0. The lowest BCUT2D eigenvalue weighted by atomic mass is 10.1. The zero-order valence-electron chi connectivity index (χ0n) is 13.9. The minimum Gasteiger partial charge on any atom is -0.453 e. The number of halogens is 2. The molecule has 0 unspecified atom stereocenters. The fourth-order valence-electron chi connectivity index (χ4n) is 2.58. The number of rotatable bonds is 3. The van der Waals surface area contributed by atoms with Crippen LogP contribution in [-0.2, 0) is 9.59 Å². The maximum atomic E-state index is 13.0. The van der Waals surface area contributed by atoms with Gasteiger partial charge in [0, 0.05) is 13.8 Å². The summed E-state index contributed by atoms with van der Waals surface area (Å²) in [6, 6.07) is 4.39. The van der Waals surface area contributed by atoms with Gasteiger partial charge in [-0.2, -0.15) is 0 Å². The van der Waals surface area contributed by atoms with Crippen molar-refractivity contribution in [2.45, 2.75) is 13.8 Å². The van der Waals surface area contributed by atoms with Crippen LogP contribution < -0.4 is 14.9 Å². The summed E-state index contributed by atoms with van der Waals surface area (Å²) < 4.78 is 15.7. The summed E-state index contributed by atoms with van der Waals surface area (Å²) in [5.41, 5.74) is -0.762. The van der Waals surface area contributed by atoms with Crippen LogP contribution >= 0.6 is 23.2 Å². The number of fused-ring (bicyclic) bond motifs is 2. The Balaban J connectivity index is 2.59. The topological polar surface area (TPSA) is 99.9 Å². The molecule has 3 rings (SSSR count). The van der Waals surface area contributed by atoms with Crippen LogP contribution in [0.25, 0.3) is 21.9 Å². The summed E-state index contributed by atoms with van der Waals surface area (Å²) >= 11 is 12.4. The Morgan fingerprint density at radius 1 is 1.00 bits per heavy atom. The third kappa shape index (κ3) is 3.15. The van der Waals surface area contributed by atoms with Crippen molar-refractivity contribution in [3.8, 4) is 11.5 Å². The molecule has 1 aromatic heterocycles. The third-order valence-electron chi connectivity index (χ3n) is 3.59. The Kier molecular flexibility index (Phi) is 4.91. The normalized spacial score (nSPS) is 10.8. The minimum atomic E-state index is -0.768. The van der Waals surface area contributed by atoms with Crippen molar-refractivity contribution in [2.24, 2.45) is 0 Å². The molecule has 27 heavy (non-hydrogen) atoms. The molecule has 1 heterocycles. The Bertz CT molecular complexity index is 1190. The van der Waals surface area contributed by atoms with Gasteiger partial charge < -0.3 is 13.9 Å². The quantitative estimate of drug-likeness (QED) is 0.280. The van der Waals surface area contributed by atoms with Gasteiger partial charge in [-0.25, -0.2) is 0 Å². The van der Waals surface area contributed by atoms with E-state index in [1.807, 2.05) is 0 Å². The molecule has 0 amide bonds. The molecule has 2 aromatic carbocycles. The summed E-state index contributed by atoms with van der Waals surface area (Å²) in [5, 5.41) is -0.767. The molecule has 0 N–H and O–H groups in total. The Morgan fingerprint density at radius 3 is 2.22 bits per heavy atom. The average Bonchev–Trinajstić information content (AvgIpc) is 2.61. The standard InChI is InChI=1S/C18H10Cl2O7/c1-7(22)25-16-11-14(24)10-5-3-4-9(6-21)15(10)27-17(11)13(20)18(12(16)19)26-8(2)23/h3-6H,1-2H3. The number of aldehydes is 1. The summed E-state index contributed by atoms with van der Waals surface area (Å²) in [5.74, 6) is -2.20. The molecule has 0 saturated carbocycles. The molecule has 0 atom stereocenters. The summed E-state index contributed by atoms with van der Waals surface area (Å²) in [6.07, 6.45) is 0.515. The van der Waals surface area contributed by atoms with E-state index in [2.05, 4.69) is 0 Å². The van der Waals surface area contributed by atoms with Gasteiger partial charge in [-0.05, 0) is 12.1 Å². The second-order valence-electron chi connectivity index (χ2n) is 5.45. The molecule has 0 aliphatic rings. The van der Waals surface area contributed by atoms with Gasteiger partial charge >= 0.3 is 11.9 Å². The fourth-order valence-corrected chi connectivity index (χ4v) is 3.16. The van der Waals surface area contributed by atoms with E-state index in [-0.39, 0.29) is 49.0 Å². The van der Waals surface area contributed by atoms with E-state index in [0.717, 1.165) is 13.8 Å². The molecule has 0 radical (unpaired) electrons. The van der Waals surface area contributed by atoms with E-state index >= 15 is 0 Å². The summed E-state index contributed by atoms with van der Waals surface area (Å²) in [6.45, 7) is 2.22. The van der Waals surface area contributed by atoms with E-state index in [4.69, 9.17) is 37.1 Å². The number of esters is 2. The van der Waals surface area contributed by atoms with Crippen molar-refractivity contribution in [3.63, 3.8) is 0 Å². The van der Waals surface area contributed by atoms with Gasteiger partial charge in [0.1, 0.15) is 21.0 Å². The highest BCUT2D eigenvalue weighted by Crippen LogP contribution is 2.46. The molecule has 3 aromatic rings. The number of carbonyl (C=O) groups is 3. The molecule has 0 spiro atoms. The van der Waals surface area contributed by atoms with Crippen LogP contribution in [0.4, 0.5) is 0 Å². The summed E-state index contributed by atoms with van der Waals surface area (Å²) in [4.78, 5) is 47.2. The van der Waals surface area contributed by atoms with Crippen LogP contribution in [0.2, 0.25) is 10.0 Å². The monoisotopic (exact) mass is 408 g/mol. The molecule has 0 fully saturated rings. The lowest BCUT2D eigenvalue weighted by Crippen LogP contribution is -2.11. The number of carbonyl (C=O) groups excluding carboxylic acids is 3. The van der Waals surface area contributed by atoms with Crippen LogP contribution in [-0.4, -0.2) is 18.2 Å². The highest BCUT2D eigenvalue weighted by molar-refractivity contribution is 6.42. The van der Waals surface area contributed by atoms with Gasteiger partial charge in [-0.3, -0.25) is 19.2 Å². The first-order valence-electron chi connectivity index (χ1n) is 7.48. The van der Waals surface area contributed by atoms with Gasteiger partial charge in [0.2, 0.25) is 5.43 Å². The maximum absolute atomic E-state index is 13.0. The first-order chi connectivity index (χ1) is 12.8. The van der Waals surface area contributed by atoms with Crippen molar-refractivity contribution in [1.82, 2.24) is 0 Å².